The van der Waals surface area contributed by atoms with Crippen LogP contribution in [0.25, 0.3) is 11.6 Å². The topological polar surface area (TPSA) is 59.4 Å². The third-order valence-electron chi connectivity index (χ3n) is 8.59. The summed E-state index contributed by atoms with van der Waals surface area (Å²) in [6.45, 7) is 28.2. The Kier molecular flexibility index (Phi) is 16.9. The van der Waals surface area contributed by atoms with Crippen LogP contribution in [0.1, 0.15) is 151 Å². The molecule has 0 N–H and O–H groups in total. The first-order chi connectivity index (χ1) is 21.3. The standard InChI is InChI=1S/C20H30O.C17H18N2O.2C2H6/c1-6-20(4,5)19(21)17-10-8-16(9-11-17)18-12-7-14(2)13-15(18)3;1-11(2)9-18-10-12(3)15-8-14-6-5-7-16(20)17(14)13(4)19-15;2*1-2/h7,12-13,16-17H,6,8-11H2,1-5H3;5-6,8-10H,1,7H2,2-4H3;2*1-2H3/b;12-10+,18-9?;;. The Morgan fingerprint density at radius 2 is 1.64 bits per heavy atom. The molecule has 1 saturated carbocycles. The zero-order valence-electron chi connectivity index (χ0n) is 30.4. The van der Waals surface area contributed by atoms with Crippen LogP contribution in [0.2, 0.25) is 0 Å². The van der Waals surface area contributed by atoms with Crippen molar-refractivity contribution in [2.45, 2.75) is 128 Å². The molecule has 246 valence electrons. The summed E-state index contributed by atoms with van der Waals surface area (Å²) in [5, 5.41) is 0. The van der Waals surface area contributed by atoms with E-state index in [0.29, 0.717) is 24.0 Å². The van der Waals surface area contributed by atoms with E-state index in [1.807, 2.05) is 66.7 Å². The first-order valence-corrected chi connectivity index (χ1v) is 17.0. The minimum absolute atomic E-state index is 0.140. The number of carbonyl (C=O) groups is 2. The molecule has 0 bridgehead atoms. The Morgan fingerprint density at radius 1 is 1.02 bits per heavy atom. The smallest absolute Gasteiger partial charge is 0.169 e. The van der Waals surface area contributed by atoms with Gasteiger partial charge in [0.25, 0.3) is 0 Å². The van der Waals surface area contributed by atoms with Crippen molar-refractivity contribution in [2.75, 3.05) is 0 Å². The quantitative estimate of drug-likeness (QED) is 0.292. The molecular weight excluding hydrogens is 552 g/mol. The molecule has 2 aliphatic carbocycles. The zero-order valence-corrected chi connectivity index (χ0v) is 30.4. The van der Waals surface area contributed by atoms with Gasteiger partial charge < -0.3 is 0 Å². The molecule has 0 atom stereocenters. The summed E-state index contributed by atoms with van der Waals surface area (Å²) >= 11 is 0. The number of ketones is 2. The number of hydrogen-bond donors (Lipinski definition) is 0. The molecule has 4 heteroatoms. The zero-order chi connectivity index (χ0) is 34.3. The van der Waals surface area contributed by atoms with Crippen molar-refractivity contribution in [2.24, 2.45) is 16.3 Å². The predicted octanol–water partition coefficient (Wildman–Crippen LogP) is 11.6. The number of hydrogen-bond acceptors (Lipinski definition) is 4. The first-order valence-electron chi connectivity index (χ1n) is 17.0. The third-order valence-corrected chi connectivity index (χ3v) is 8.59. The van der Waals surface area contributed by atoms with E-state index in [1.54, 1.807) is 12.4 Å². The van der Waals surface area contributed by atoms with Crippen molar-refractivity contribution in [1.29, 1.82) is 0 Å². The highest BCUT2D eigenvalue weighted by Gasteiger charge is 2.35. The van der Waals surface area contributed by atoms with Crippen LogP contribution in [0.15, 0.2) is 53.7 Å². The van der Waals surface area contributed by atoms with Gasteiger partial charge in [-0.15, -0.1) is 0 Å². The van der Waals surface area contributed by atoms with E-state index in [0.717, 1.165) is 52.9 Å². The van der Waals surface area contributed by atoms with Crippen molar-refractivity contribution in [3.05, 3.63) is 87.9 Å². The number of aryl methyl sites for hydroxylation is 3. The maximum atomic E-state index is 12.6. The van der Waals surface area contributed by atoms with Gasteiger partial charge in [-0.05, 0) is 107 Å². The molecule has 0 spiro atoms. The molecule has 1 fully saturated rings. The second-order valence-corrected chi connectivity index (χ2v) is 12.5. The van der Waals surface area contributed by atoms with Crippen molar-refractivity contribution < 1.29 is 9.59 Å². The maximum Gasteiger partial charge on any atom is 0.169 e. The number of nitrogens with zero attached hydrogens (tertiary/aromatic N) is 2. The minimum Gasteiger partial charge on any atom is -0.299 e. The Morgan fingerprint density at radius 3 is 2.20 bits per heavy atom. The number of aliphatic imine (C=N–C) groups is 1. The minimum atomic E-state index is -0.142. The molecule has 0 amide bonds. The van der Waals surface area contributed by atoms with Gasteiger partial charge in [-0.3, -0.25) is 19.6 Å². The summed E-state index contributed by atoms with van der Waals surface area (Å²) in [5.74, 6) is 1.58. The van der Waals surface area contributed by atoms with E-state index in [2.05, 4.69) is 69.4 Å². The molecule has 0 unspecified atom stereocenters. The Labute approximate surface area is 275 Å². The lowest BCUT2D eigenvalue weighted by molar-refractivity contribution is -0.132. The number of allylic oxidation sites excluding steroid dienone is 3. The molecule has 1 aromatic heterocycles. The van der Waals surface area contributed by atoms with E-state index >= 15 is 0 Å². The van der Waals surface area contributed by atoms with Crippen molar-refractivity contribution in [3.8, 4) is 0 Å². The van der Waals surface area contributed by atoms with Crippen LogP contribution in [0.5, 0.6) is 0 Å². The van der Waals surface area contributed by atoms with Crippen LogP contribution in [0, 0.1) is 32.1 Å². The van der Waals surface area contributed by atoms with Gasteiger partial charge in [0.2, 0.25) is 0 Å². The van der Waals surface area contributed by atoms with Crippen LogP contribution in [-0.4, -0.2) is 22.8 Å². The third kappa shape index (κ3) is 11.5. The number of carbonyl (C=O) groups excluding carboxylic acids is 2. The molecule has 1 heterocycles. The lowest BCUT2D eigenvalue weighted by Gasteiger charge is -2.33. The second-order valence-electron chi connectivity index (χ2n) is 12.5. The summed E-state index contributed by atoms with van der Waals surface area (Å²) in [6.07, 6.45) is 13.2. The molecule has 4 nitrogen and oxygen atoms in total. The fourth-order valence-electron chi connectivity index (χ4n) is 5.81. The summed E-state index contributed by atoms with van der Waals surface area (Å²) in [4.78, 5) is 33.2. The van der Waals surface area contributed by atoms with Crippen LogP contribution in [0.3, 0.4) is 0 Å². The van der Waals surface area contributed by atoms with Gasteiger partial charge in [0.05, 0.1) is 5.69 Å². The monoisotopic (exact) mass is 612 g/mol. The van der Waals surface area contributed by atoms with Gasteiger partial charge in [0.15, 0.2) is 5.78 Å². The maximum absolute atomic E-state index is 12.6. The van der Waals surface area contributed by atoms with E-state index < -0.39 is 0 Å². The number of Topliss-reactive ketones (excluding diaryl/α,β-unsaturated/α-hetero) is 2. The van der Waals surface area contributed by atoms with Crippen LogP contribution >= 0.6 is 0 Å². The predicted molar refractivity (Wildman–Crippen MR) is 196 cm³/mol. The normalized spacial score (nSPS) is 17.6. The van der Waals surface area contributed by atoms with Gasteiger partial charge in [0.1, 0.15) is 5.78 Å². The molecular formula is C41H60N2O2. The largest absolute Gasteiger partial charge is 0.299 e. The van der Waals surface area contributed by atoms with Gasteiger partial charge in [-0.25, -0.2) is 0 Å². The average molecular weight is 613 g/mol. The van der Waals surface area contributed by atoms with Crippen molar-refractivity contribution in [3.63, 3.8) is 0 Å². The number of benzene rings is 1. The lowest BCUT2D eigenvalue weighted by Crippen LogP contribution is -2.32. The summed E-state index contributed by atoms with van der Waals surface area (Å²) in [5.41, 5.74) is 9.29. The van der Waals surface area contributed by atoms with E-state index in [9.17, 15) is 9.59 Å². The molecule has 2 aromatic rings. The number of rotatable bonds is 7. The lowest BCUT2D eigenvalue weighted by atomic mass is 9.70. The number of pyridine rings is 1. The highest BCUT2D eigenvalue weighted by molar-refractivity contribution is 6.03. The van der Waals surface area contributed by atoms with Gasteiger partial charge in [-0.2, -0.15) is 0 Å². The Hall–Kier alpha value is -3.40. The van der Waals surface area contributed by atoms with Crippen molar-refractivity contribution in [1.82, 2.24) is 4.98 Å². The summed E-state index contributed by atoms with van der Waals surface area (Å²) < 4.78 is 0. The molecule has 4 rings (SSSR count). The molecule has 2 aliphatic rings. The molecule has 45 heavy (non-hydrogen) atoms. The van der Waals surface area contributed by atoms with E-state index in [4.69, 9.17) is 0 Å². The van der Waals surface area contributed by atoms with Gasteiger partial charge in [-0.1, -0.05) is 91.0 Å². The van der Waals surface area contributed by atoms with E-state index in [-0.39, 0.29) is 11.2 Å². The molecule has 0 radical (unpaired) electrons. The molecule has 0 saturated heterocycles. The highest BCUT2D eigenvalue weighted by atomic mass is 16.1. The summed E-state index contributed by atoms with van der Waals surface area (Å²) in [6, 6.07) is 8.75. The number of aromatic nitrogens is 1. The molecule has 0 aliphatic heterocycles. The van der Waals surface area contributed by atoms with Gasteiger partial charge >= 0.3 is 0 Å². The van der Waals surface area contributed by atoms with Crippen LogP contribution < -0.4 is 0 Å². The Bertz CT molecular complexity index is 1380. The average Bonchev–Trinajstić information content (AvgIpc) is 3.02. The Balaban J connectivity index is 0.000000406. The highest BCUT2D eigenvalue weighted by Crippen LogP contribution is 2.40. The fourth-order valence-corrected chi connectivity index (χ4v) is 5.81. The second kappa shape index (κ2) is 19.2. The van der Waals surface area contributed by atoms with E-state index in [1.165, 1.54) is 29.5 Å². The van der Waals surface area contributed by atoms with Crippen molar-refractivity contribution >= 4 is 29.4 Å². The summed E-state index contributed by atoms with van der Waals surface area (Å²) in [7, 11) is 0. The SMILES string of the molecule is C=C(C)C=N/C=C(\C)c1cc2c(c(C)n1)C(=O)CC=C2.CC.CC.CCC(C)(C)C(=O)C1CCC(c2ccc(C)cc2C)CC1. The molecule has 1 aromatic carbocycles. The fraction of sp³-hybridized carbons (Fsp3) is 0.512. The van der Waals surface area contributed by atoms with Crippen LogP contribution in [-0.2, 0) is 4.79 Å². The number of fused-ring (bicyclic) bond motifs is 1. The first kappa shape index (κ1) is 39.6. The van der Waals surface area contributed by atoms with Gasteiger partial charge in [0, 0.05) is 41.4 Å². The van der Waals surface area contributed by atoms with Crippen LogP contribution in [0.4, 0.5) is 0 Å².